The summed E-state index contributed by atoms with van der Waals surface area (Å²) < 4.78 is 27.5. The Balaban J connectivity index is 1.79. The first-order chi connectivity index (χ1) is 16.1. The molecule has 1 amide bonds. The van der Waals surface area contributed by atoms with Gasteiger partial charge in [0.1, 0.15) is 28.2 Å². The van der Waals surface area contributed by atoms with Crippen molar-refractivity contribution in [2.24, 2.45) is 0 Å². The van der Waals surface area contributed by atoms with Gasteiger partial charge in [0.15, 0.2) is 5.82 Å². The van der Waals surface area contributed by atoms with Crippen molar-refractivity contribution >= 4 is 22.6 Å². The molecule has 3 aromatic rings. The van der Waals surface area contributed by atoms with E-state index in [2.05, 4.69) is 10.2 Å². The third-order valence-corrected chi connectivity index (χ3v) is 5.55. The van der Waals surface area contributed by atoms with Gasteiger partial charge in [-0.2, -0.15) is 10.2 Å². The Morgan fingerprint density at radius 3 is 2.65 bits per heavy atom. The molecule has 4 rings (SSSR count). The van der Waals surface area contributed by atoms with Crippen molar-refractivity contribution in [2.45, 2.75) is 60.0 Å². The Morgan fingerprint density at radius 1 is 1.21 bits per heavy atom. The summed E-state index contributed by atoms with van der Waals surface area (Å²) in [5.74, 6) is 0.0304. The van der Waals surface area contributed by atoms with Gasteiger partial charge in [0.2, 0.25) is 0 Å². The second-order valence-electron chi connectivity index (χ2n) is 9.33. The summed E-state index contributed by atoms with van der Waals surface area (Å²) >= 11 is 0. The second-order valence-corrected chi connectivity index (χ2v) is 9.33. The Labute approximate surface area is 198 Å². The molecule has 180 valence electrons. The molecule has 3 heterocycles. The molecule has 2 aromatic heterocycles. The summed E-state index contributed by atoms with van der Waals surface area (Å²) in [4.78, 5) is 14.2. The highest BCUT2D eigenvalue weighted by Crippen LogP contribution is 2.33. The van der Waals surface area contributed by atoms with E-state index in [4.69, 9.17) is 14.6 Å². The van der Waals surface area contributed by atoms with E-state index in [1.54, 1.807) is 27.9 Å². The number of benzene rings is 1. The zero-order chi connectivity index (χ0) is 24.6. The van der Waals surface area contributed by atoms with Gasteiger partial charge in [-0.1, -0.05) is 0 Å². The fourth-order valence-electron chi connectivity index (χ4n) is 4.09. The summed E-state index contributed by atoms with van der Waals surface area (Å²) in [5.41, 5.74) is 3.23. The van der Waals surface area contributed by atoms with Gasteiger partial charge in [-0.05, 0) is 72.1 Å². The fourth-order valence-corrected chi connectivity index (χ4v) is 4.09. The van der Waals surface area contributed by atoms with Crippen LogP contribution in [0.1, 0.15) is 57.6 Å². The van der Waals surface area contributed by atoms with Crippen LogP contribution in [0, 0.1) is 19.7 Å². The van der Waals surface area contributed by atoms with Crippen molar-refractivity contribution in [3.05, 3.63) is 47.3 Å². The highest BCUT2D eigenvalue weighted by molar-refractivity contribution is 5.92. The van der Waals surface area contributed by atoms with Crippen LogP contribution in [0.2, 0.25) is 0 Å². The molecule has 0 saturated heterocycles. The van der Waals surface area contributed by atoms with E-state index in [0.717, 1.165) is 29.5 Å². The lowest BCUT2D eigenvalue weighted by molar-refractivity contribution is 0.0329. The first-order valence-corrected chi connectivity index (χ1v) is 11.4. The molecule has 1 aromatic carbocycles. The molecule has 0 unspecified atom stereocenters. The van der Waals surface area contributed by atoms with Gasteiger partial charge >= 0.3 is 6.09 Å². The van der Waals surface area contributed by atoms with Crippen LogP contribution in [0.15, 0.2) is 24.4 Å². The maximum absolute atomic E-state index is 15.0. The lowest BCUT2D eigenvalue weighted by Crippen LogP contribution is -2.35. The SMILES string of the molecule is CCOc1ccc(-n2nc3c(C4=CN(C(=O)OC(C)(C)C)CCC4)nnc(C)c3c2C)c(F)c1. The van der Waals surface area contributed by atoms with Crippen LogP contribution in [-0.2, 0) is 4.74 Å². The number of hydrogen-bond acceptors (Lipinski definition) is 6. The molecule has 0 atom stereocenters. The first-order valence-electron chi connectivity index (χ1n) is 11.4. The minimum absolute atomic E-state index is 0.315. The van der Waals surface area contributed by atoms with Gasteiger partial charge < -0.3 is 9.47 Å². The van der Waals surface area contributed by atoms with Gasteiger partial charge in [-0.3, -0.25) is 4.90 Å². The average Bonchev–Trinajstić information content (AvgIpc) is 3.11. The topological polar surface area (TPSA) is 82.4 Å². The normalized spacial score (nSPS) is 14.3. The number of halogens is 1. The number of allylic oxidation sites excluding steroid dienone is 1. The Kier molecular flexibility index (Phi) is 6.29. The van der Waals surface area contributed by atoms with Crippen molar-refractivity contribution < 1.29 is 18.7 Å². The van der Waals surface area contributed by atoms with E-state index >= 15 is 0 Å². The smallest absolute Gasteiger partial charge is 0.414 e. The first kappa shape index (κ1) is 23.7. The quantitative estimate of drug-likeness (QED) is 0.515. The molecule has 0 saturated carbocycles. The molecule has 9 heteroatoms. The van der Waals surface area contributed by atoms with Crippen LogP contribution >= 0.6 is 0 Å². The maximum atomic E-state index is 15.0. The Morgan fingerprint density at radius 2 is 1.97 bits per heavy atom. The van der Waals surface area contributed by atoms with E-state index in [0.29, 0.717) is 41.5 Å². The van der Waals surface area contributed by atoms with Crippen LogP contribution < -0.4 is 4.74 Å². The molecular formula is C25H30FN5O3. The van der Waals surface area contributed by atoms with E-state index in [-0.39, 0.29) is 0 Å². The van der Waals surface area contributed by atoms with E-state index < -0.39 is 17.5 Å². The standard InChI is InChI=1S/C25H30FN5O3/c1-7-33-18-10-11-20(19(26)13-18)31-16(3)21-15(2)27-28-22(23(21)29-31)17-9-8-12-30(14-17)24(32)34-25(4,5)6/h10-11,13-14H,7-9,12H2,1-6H3. The highest BCUT2D eigenvalue weighted by atomic mass is 19.1. The van der Waals surface area contributed by atoms with Crippen molar-refractivity contribution in [3.8, 4) is 11.4 Å². The number of fused-ring (bicyclic) bond motifs is 1. The van der Waals surface area contributed by atoms with Gasteiger partial charge in [0, 0.05) is 24.2 Å². The van der Waals surface area contributed by atoms with Crippen LogP contribution in [0.3, 0.4) is 0 Å². The van der Waals surface area contributed by atoms with Gasteiger partial charge in [0.25, 0.3) is 0 Å². The summed E-state index contributed by atoms with van der Waals surface area (Å²) in [6, 6.07) is 4.73. The second kappa shape index (κ2) is 9.04. The molecule has 34 heavy (non-hydrogen) atoms. The summed E-state index contributed by atoms with van der Waals surface area (Å²) in [7, 11) is 0. The summed E-state index contributed by atoms with van der Waals surface area (Å²) in [6.45, 7) is 12.1. The van der Waals surface area contributed by atoms with Crippen LogP contribution in [-0.4, -0.2) is 49.7 Å². The number of amides is 1. The minimum Gasteiger partial charge on any atom is -0.494 e. The van der Waals surface area contributed by atoms with Crippen LogP contribution in [0.4, 0.5) is 9.18 Å². The number of aryl methyl sites for hydroxylation is 2. The molecule has 0 aliphatic carbocycles. The van der Waals surface area contributed by atoms with Crippen molar-refractivity contribution in [3.63, 3.8) is 0 Å². The molecule has 0 spiro atoms. The number of aromatic nitrogens is 4. The molecule has 0 N–H and O–H groups in total. The van der Waals surface area contributed by atoms with Crippen molar-refractivity contribution in [1.29, 1.82) is 0 Å². The lowest BCUT2D eigenvalue weighted by Gasteiger charge is -2.28. The maximum Gasteiger partial charge on any atom is 0.414 e. The summed E-state index contributed by atoms with van der Waals surface area (Å²) in [5, 5.41) is 14.3. The zero-order valence-corrected chi connectivity index (χ0v) is 20.5. The molecule has 0 fully saturated rings. The Hall–Kier alpha value is -3.49. The number of ether oxygens (including phenoxy) is 2. The number of hydrogen-bond donors (Lipinski definition) is 0. The van der Waals surface area contributed by atoms with Crippen molar-refractivity contribution in [1.82, 2.24) is 24.9 Å². The molecule has 1 aliphatic rings. The number of carbonyl (C=O) groups is 1. The largest absolute Gasteiger partial charge is 0.494 e. The summed E-state index contributed by atoms with van der Waals surface area (Å²) in [6.07, 6.45) is 2.84. The predicted octanol–water partition coefficient (Wildman–Crippen LogP) is 5.34. The molecule has 0 bridgehead atoms. The number of rotatable bonds is 4. The Bertz CT molecular complexity index is 1280. The third-order valence-electron chi connectivity index (χ3n) is 5.55. The minimum atomic E-state index is -0.586. The molecular weight excluding hydrogens is 437 g/mol. The average molecular weight is 468 g/mol. The predicted molar refractivity (Wildman–Crippen MR) is 127 cm³/mol. The molecule has 0 radical (unpaired) electrons. The lowest BCUT2D eigenvalue weighted by atomic mass is 10.0. The van der Waals surface area contributed by atoms with E-state index in [1.807, 2.05) is 41.5 Å². The highest BCUT2D eigenvalue weighted by Gasteiger charge is 2.26. The fraction of sp³-hybridized carbons (Fsp3) is 0.440. The van der Waals surface area contributed by atoms with E-state index in [9.17, 15) is 9.18 Å². The van der Waals surface area contributed by atoms with Crippen LogP contribution in [0.25, 0.3) is 22.2 Å². The van der Waals surface area contributed by atoms with Gasteiger partial charge in [-0.25, -0.2) is 13.9 Å². The monoisotopic (exact) mass is 467 g/mol. The van der Waals surface area contributed by atoms with Gasteiger partial charge in [0.05, 0.1) is 18.0 Å². The third kappa shape index (κ3) is 4.60. The van der Waals surface area contributed by atoms with Crippen molar-refractivity contribution in [2.75, 3.05) is 13.2 Å². The van der Waals surface area contributed by atoms with Gasteiger partial charge in [-0.15, -0.1) is 5.10 Å². The number of nitrogens with zero attached hydrogens (tertiary/aromatic N) is 5. The zero-order valence-electron chi connectivity index (χ0n) is 20.5. The molecule has 8 nitrogen and oxygen atoms in total. The molecule has 1 aliphatic heterocycles. The van der Waals surface area contributed by atoms with Crippen LogP contribution in [0.5, 0.6) is 5.75 Å². The van der Waals surface area contributed by atoms with E-state index in [1.165, 1.54) is 6.07 Å². The number of carbonyl (C=O) groups excluding carboxylic acids is 1.